The molecule has 1 saturated heterocycles. The Kier molecular flexibility index (Phi) is 4.31. The van der Waals surface area contributed by atoms with Crippen LogP contribution in [-0.2, 0) is 11.3 Å². The van der Waals surface area contributed by atoms with Crippen molar-refractivity contribution >= 4 is 0 Å². The van der Waals surface area contributed by atoms with Crippen LogP contribution in [0.15, 0.2) is 18.5 Å². The number of pyridine rings is 1. The number of rotatable bonds is 4. The fraction of sp³-hybridized carbons (Fsp3) is 0.615. The molecule has 1 aliphatic heterocycles. The summed E-state index contributed by atoms with van der Waals surface area (Å²) in [6, 6.07) is 2.67. The van der Waals surface area contributed by atoms with E-state index in [1.807, 2.05) is 12.4 Å². The number of piperidine rings is 1. The minimum atomic E-state index is 0.548. The van der Waals surface area contributed by atoms with Crippen molar-refractivity contribution in [3.63, 3.8) is 0 Å². The second-order valence-corrected chi connectivity index (χ2v) is 4.53. The third-order valence-electron chi connectivity index (χ3n) is 2.93. The van der Waals surface area contributed by atoms with Gasteiger partial charge in [0.25, 0.3) is 0 Å². The van der Waals surface area contributed by atoms with E-state index in [1.54, 1.807) is 0 Å². The Hall–Kier alpha value is -0.930. The molecule has 3 heteroatoms. The highest BCUT2D eigenvalue weighted by atomic mass is 16.5. The maximum Gasteiger partial charge on any atom is 0.0732 e. The summed E-state index contributed by atoms with van der Waals surface area (Å²) in [4.78, 5) is 4.15. The zero-order valence-corrected chi connectivity index (χ0v) is 9.91. The van der Waals surface area contributed by atoms with Gasteiger partial charge in [0.15, 0.2) is 0 Å². The SMILES string of the molecule is Cc1cncc(COCC2CCCCN2)c1. The highest BCUT2D eigenvalue weighted by Crippen LogP contribution is 2.08. The predicted molar refractivity (Wildman–Crippen MR) is 64.3 cm³/mol. The van der Waals surface area contributed by atoms with Crippen LogP contribution in [0.1, 0.15) is 30.4 Å². The number of aryl methyl sites for hydroxylation is 1. The maximum absolute atomic E-state index is 5.71. The first kappa shape index (κ1) is 11.6. The van der Waals surface area contributed by atoms with E-state index in [4.69, 9.17) is 4.74 Å². The second-order valence-electron chi connectivity index (χ2n) is 4.53. The monoisotopic (exact) mass is 220 g/mol. The first-order valence-corrected chi connectivity index (χ1v) is 6.06. The lowest BCUT2D eigenvalue weighted by Crippen LogP contribution is -2.37. The van der Waals surface area contributed by atoms with Crippen molar-refractivity contribution in [3.05, 3.63) is 29.6 Å². The van der Waals surface area contributed by atoms with E-state index in [0.29, 0.717) is 12.6 Å². The third-order valence-corrected chi connectivity index (χ3v) is 2.93. The fourth-order valence-corrected chi connectivity index (χ4v) is 2.08. The van der Waals surface area contributed by atoms with Gasteiger partial charge < -0.3 is 10.1 Å². The molecule has 0 amide bonds. The van der Waals surface area contributed by atoms with Crippen LogP contribution >= 0.6 is 0 Å². The highest BCUT2D eigenvalue weighted by molar-refractivity contribution is 5.15. The van der Waals surface area contributed by atoms with Crippen molar-refractivity contribution in [1.82, 2.24) is 10.3 Å². The van der Waals surface area contributed by atoms with Crippen molar-refractivity contribution in [1.29, 1.82) is 0 Å². The lowest BCUT2D eigenvalue weighted by atomic mass is 10.1. The second kappa shape index (κ2) is 5.97. The third kappa shape index (κ3) is 3.58. The number of aromatic nitrogens is 1. The van der Waals surface area contributed by atoms with E-state index >= 15 is 0 Å². The molecule has 0 saturated carbocycles. The highest BCUT2D eigenvalue weighted by Gasteiger charge is 2.11. The van der Waals surface area contributed by atoms with Crippen molar-refractivity contribution in [2.24, 2.45) is 0 Å². The molecule has 0 radical (unpaired) electrons. The topological polar surface area (TPSA) is 34.1 Å². The molecule has 3 nitrogen and oxygen atoms in total. The normalized spacial score (nSPS) is 20.9. The first-order chi connectivity index (χ1) is 7.84. The van der Waals surface area contributed by atoms with Crippen molar-refractivity contribution in [3.8, 4) is 0 Å². The summed E-state index contributed by atoms with van der Waals surface area (Å²) in [6.45, 7) is 4.68. The smallest absolute Gasteiger partial charge is 0.0732 e. The van der Waals surface area contributed by atoms with E-state index in [9.17, 15) is 0 Å². The van der Waals surface area contributed by atoms with Gasteiger partial charge >= 0.3 is 0 Å². The van der Waals surface area contributed by atoms with Crippen molar-refractivity contribution in [2.75, 3.05) is 13.2 Å². The summed E-state index contributed by atoms with van der Waals surface area (Å²) in [5, 5.41) is 3.48. The molecule has 88 valence electrons. The van der Waals surface area contributed by atoms with Gasteiger partial charge in [-0.3, -0.25) is 4.98 Å². The molecule has 1 aliphatic rings. The molecule has 1 unspecified atom stereocenters. The van der Waals surface area contributed by atoms with Crippen LogP contribution in [-0.4, -0.2) is 24.2 Å². The molecule has 2 rings (SSSR count). The van der Waals surface area contributed by atoms with E-state index < -0.39 is 0 Å². The van der Waals surface area contributed by atoms with E-state index in [1.165, 1.54) is 24.8 Å². The Morgan fingerprint density at radius 2 is 2.38 bits per heavy atom. The summed E-state index contributed by atoms with van der Waals surface area (Å²) in [7, 11) is 0. The summed E-state index contributed by atoms with van der Waals surface area (Å²) in [5.41, 5.74) is 2.35. The zero-order chi connectivity index (χ0) is 11.2. The van der Waals surface area contributed by atoms with Crippen LogP contribution in [0, 0.1) is 6.92 Å². The summed E-state index contributed by atoms with van der Waals surface area (Å²) in [6.07, 6.45) is 7.62. The van der Waals surface area contributed by atoms with Gasteiger partial charge in [0, 0.05) is 18.4 Å². The van der Waals surface area contributed by atoms with Gasteiger partial charge in [-0.05, 0) is 37.4 Å². The minimum Gasteiger partial charge on any atom is -0.375 e. The lowest BCUT2D eigenvalue weighted by Gasteiger charge is -2.23. The average Bonchev–Trinajstić information content (AvgIpc) is 2.30. The fourth-order valence-electron chi connectivity index (χ4n) is 2.08. The first-order valence-electron chi connectivity index (χ1n) is 6.06. The molecule has 1 aromatic heterocycles. The Morgan fingerprint density at radius 1 is 1.44 bits per heavy atom. The van der Waals surface area contributed by atoms with Gasteiger partial charge in [0.2, 0.25) is 0 Å². The van der Waals surface area contributed by atoms with Crippen LogP contribution in [0.5, 0.6) is 0 Å². The number of nitrogens with one attached hydrogen (secondary N) is 1. The number of nitrogens with zero attached hydrogens (tertiary/aromatic N) is 1. The molecular weight excluding hydrogens is 200 g/mol. The van der Waals surface area contributed by atoms with Gasteiger partial charge in [-0.25, -0.2) is 0 Å². The minimum absolute atomic E-state index is 0.548. The Labute approximate surface area is 97.2 Å². The maximum atomic E-state index is 5.71. The van der Waals surface area contributed by atoms with Gasteiger partial charge in [0.05, 0.1) is 13.2 Å². The number of hydrogen-bond acceptors (Lipinski definition) is 3. The Morgan fingerprint density at radius 3 is 3.12 bits per heavy atom. The largest absolute Gasteiger partial charge is 0.375 e. The lowest BCUT2D eigenvalue weighted by molar-refractivity contribution is 0.0909. The summed E-state index contributed by atoms with van der Waals surface area (Å²) < 4.78 is 5.71. The molecule has 1 fully saturated rings. The molecule has 1 atom stereocenters. The van der Waals surface area contributed by atoms with E-state index in [2.05, 4.69) is 23.3 Å². The van der Waals surface area contributed by atoms with Crippen LogP contribution in [0.3, 0.4) is 0 Å². The zero-order valence-electron chi connectivity index (χ0n) is 9.91. The molecule has 16 heavy (non-hydrogen) atoms. The summed E-state index contributed by atoms with van der Waals surface area (Å²) >= 11 is 0. The molecular formula is C13H20N2O. The quantitative estimate of drug-likeness (QED) is 0.843. The van der Waals surface area contributed by atoms with Gasteiger partial charge in [-0.15, -0.1) is 0 Å². The van der Waals surface area contributed by atoms with Crippen molar-refractivity contribution < 1.29 is 4.74 Å². The van der Waals surface area contributed by atoms with E-state index in [0.717, 1.165) is 18.7 Å². The van der Waals surface area contributed by atoms with Gasteiger partial charge in [0.1, 0.15) is 0 Å². The molecule has 2 heterocycles. The number of hydrogen-bond donors (Lipinski definition) is 1. The van der Waals surface area contributed by atoms with Crippen molar-refractivity contribution in [2.45, 2.75) is 38.8 Å². The molecule has 1 N–H and O–H groups in total. The van der Waals surface area contributed by atoms with Crippen LogP contribution in [0.2, 0.25) is 0 Å². The molecule has 0 aromatic carbocycles. The standard InChI is InChI=1S/C13H20N2O/c1-11-6-12(8-14-7-11)9-16-10-13-4-2-3-5-15-13/h6-8,13,15H,2-5,9-10H2,1H3. The predicted octanol–water partition coefficient (Wildman–Crippen LogP) is 2.05. The summed E-state index contributed by atoms with van der Waals surface area (Å²) in [5.74, 6) is 0. The van der Waals surface area contributed by atoms with Crippen LogP contribution < -0.4 is 5.32 Å². The van der Waals surface area contributed by atoms with Crippen LogP contribution in [0.4, 0.5) is 0 Å². The Balaban J connectivity index is 1.71. The average molecular weight is 220 g/mol. The molecule has 0 bridgehead atoms. The molecule has 0 spiro atoms. The number of ether oxygens (including phenoxy) is 1. The van der Waals surface area contributed by atoms with E-state index in [-0.39, 0.29) is 0 Å². The van der Waals surface area contributed by atoms with Gasteiger partial charge in [-0.2, -0.15) is 0 Å². The molecule has 0 aliphatic carbocycles. The van der Waals surface area contributed by atoms with Crippen LogP contribution in [0.25, 0.3) is 0 Å². The molecule has 1 aromatic rings. The van der Waals surface area contributed by atoms with Gasteiger partial charge in [-0.1, -0.05) is 12.5 Å². The Bertz CT molecular complexity index is 321.